The van der Waals surface area contributed by atoms with Crippen molar-refractivity contribution in [1.82, 2.24) is 0 Å². The predicted octanol–water partition coefficient (Wildman–Crippen LogP) is 4.37. The van der Waals surface area contributed by atoms with Crippen LogP contribution in [0.1, 0.15) is 58.3 Å². The molecule has 1 aromatic rings. The second-order valence-electron chi connectivity index (χ2n) is 5.12. The van der Waals surface area contributed by atoms with Gasteiger partial charge in [0.05, 0.1) is 12.3 Å². The van der Waals surface area contributed by atoms with Crippen molar-refractivity contribution in [3.05, 3.63) is 18.2 Å². The number of ether oxygens (including phenoxy) is 1. The normalized spacial score (nSPS) is 10.6. The van der Waals surface area contributed by atoms with Crippen LogP contribution in [0, 0.1) is 0 Å². The molecule has 19 heavy (non-hydrogen) atoms. The van der Waals surface area contributed by atoms with Crippen LogP contribution in [-0.4, -0.2) is 6.61 Å². The van der Waals surface area contributed by atoms with Crippen LogP contribution in [0.5, 0.6) is 5.75 Å². The van der Waals surface area contributed by atoms with Crippen LogP contribution in [0.2, 0.25) is 0 Å². The lowest BCUT2D eigenvalue weighted by molar-refractivity contribution is 0.306. The molecule has 1 aromatic carbocycles. The Morgan fingerprint density at radius 2 is 1.53 bits per heavy atom. The molecular formula is C16H28N2O. The van der Waals surface area contributed by atoms with E-state index in [0.717, 1.165) is 13.0 Å². The van der Waals surface area contributed by atoms with Crippen molar-refractivity contribution in [2.75, 3.05) is 18.1 Å². The van der Waals surface area contributed by atoms with Crippen molar-refractivity contribution < 1.29 is 4.74 Å². The molecule has 108 valence electrons. The first kappa shape index (κ1) is 15.7. The van der Waals surface area contributed by atoms with E-state index in [1.165, 1.54) is 44.9 Å². The number of nitrogen functional groups attached to an aromatic ring is 2. The minimum absolute atomic E-state index is 0.661. The standard InChI is InChI=1S/C16H28N2O/c1-2-3-4-5-6-7-8-9-12-19-16-13-14(17)10-11-15(16)18/h10-11,13H,2-9,12,17-18H2,1H3. The van der Waals surface area contributed by atoms with E-state index in [1.807, 2.05) is 0 Å². The van der Waals surface area contributed by atoms with Crippen molar-refractivity contribution in [2.24, 2.45) is 0 Å². The van der Waals surface area contributed by atoms with Gasteiger partial charge in [-0.3, -0.25) is 0 Å². The van der Waals surface area contributed by atoms with Gasteiger partial charge in [0.2, 0.25) is 0 Å². The highest BCUT2D eigenvalue weighted by Crippen LogP contribution is 2.24. The summed E-state index contributed by atoms with van der Waals surface area (Å²) in [7, 11) is 0. The molecule has 0 saturated carbocycles. The molecule has 0 aliphatic heterocycles. The molecule has 0 amide bonds. The second-order valence-corrected chi connectivity index (χ2v) is 5.12. The monoisotopic (exact) mass is 264 g/mol. The lowest BCUT2D eigenvalue weighted by Crippen LogP contribution is -2.01. The fraction of sp³-hybridized carbons (Fsp3) is 0.625. The van der Waals surface area contributed by atoms with E-state index < -0.39 is 0 Å². The summed E-state index contributed by atoms with van der Waals surface area (Å²) in [6.45, 7) is 2.97. The van der Waals surface area contributed by atoms with E-state index in [2.05, 4.69) is 6.92 Å². The summed E-state index contributed by atoms with van der Waals surface area (Å²) in [5, 5.41) is 0. The minimum atomic E-state index is 0.661. The summed E-state index contributed by atoms with van der Waals surface area (Å²) >= 11 is 0. The fourth-order valence-corrected chi connectivity index (χ4v) is 2.09. The molecule has 3 nitrogen and oxygen atoms in total. The van der Waals surface area contributed by atoms with Crippen LogP contribution in [0.25, 0.3) is 0 Å². The number of hydrogen-bond acceptors (Lipinski definition) is 3. The average molecular weight is 264 g/mol. The third-order valence-corrected chi connectivity index (χ3v) is 3.29. The number of anilines is 2. The fourth-order valence-electron chi connectivity index (χ4n) is 2.09. The molecule has 0 spiro atoms. The lowest BCUT2D eigenvalue weighted by atomic mass is 10.1. The van der Waals surface area contributed by atoms with Gasteiger partial charge < -0.3 is 16.2 Å². The molecule has 4 N–H and O–H groups in total. The second kappa shape index (κ2) is 9.54. The molecule has 0 unspecified atom stereocenters. The smallest absolute Gasteiger partial charge is 0.144 e. The molecule has 1 rings (SSSR count). The van der Waals surface area contributed by atoms with Gasteiger partial charge in [0.25, 0.3) is 0 Å². The Labute approximate surface area is 117 Å². The third kappa shape index (κ3) is 6.94. The van der Waals surface area contributed by atoms with E-state index in [9.17, 15) is 0 Å². The zero-order valence-corrected chi connectivity index (χ0v) is 12.2. The molecule has 0 atom stereocenters. The van der Waals surface area contributed by atoms with Gasteiger partial charge >= 0.3 is 0 Å². The van der Waals surface area contributed by atoms with Crippen molar-refractivity contribution in [3.63, 3.8) is 0 Å². The number of unbranched alkanes of at least 4 members (excludes halogenated alkanes) is 7. The van der Waals surface area contributed by atoms with Crippen LogP contribution in [0.3, 0.4) is 0 Å². The first-order chi connectivity index (χ1) is 9.24. The van der Waals surface area contributed by atoms with Gasteiger partial charge in [-0.2, -0.15) is 0 Å². The van der Waals surface area contributed by atoms with Crippen LogP contribution in [-0.2, 0) is 0 Å². The number of nitrogens with two attached hydrogens (primary N) is 2. The molecule has 0 bridgehead atoms. The average Bonchev–Trinajstić information content (AvgIpc) is 2.40. The zero-order chi connectivity index (χ0) is 13.9. The first-order valence-corrected chi connectivity index (χ1v) is 7.52. The van der Waals surface area contributed by atoms with Crippen LogP contribution in [0.4, 0.5) is 11.4 Å². The summed E-state index contributed by atoms with van der Waals surface area (Å²) in [5.41, 5.74) is 12.9. The third-order valence-electron chi connectivity index (χ3n) is 3.29. The van der Waals surface area contributed by atoms with Gasteiger partial charge in [-0.1, -0.05) is 51.9 Å². The molecule has 0 heterocycles. The molecular weight excluding hydrogens is 236 g/mol. The van der Waals surface area contributed by atoms with Crippen molar-refractivity contribution in [1.29, 1.82) is 0 Å². The van der Waals surface area contributed by atoms with Gasteiger partial charge in [0, 0.05) is 11.8 Å². The summed E-state index contributed by atoms with van der Waals surface area (Å²) in [6, 6.07) is 5.37. The van der Waals surface area contributed by atoms with Gasteiger partial charge in [0.1, 0.15) is 5.75 Å². The molecule has 0 fully saturated rings. The highest BCUT2D eigenvalue weighted by atomic mass is 16.5. The minimum Gasteiger partial charge on any atom is -0.491 e. The maximum Gasteiger partial charge on any atom is 0.144 e. The predicted molar refractivity (Wildman–Crippen MR) is 83.4 cm³/mol. The molecule has 0 aliphatic rings. The SMILES string of the molecule is CCCCCCCCCCOc1cc(N)ccc1N. The van der Waals surface area contributed by atoms with Crippen molar-refractivity contribution in [2.45, 2.75) is 58.3 Å². The Morgan fingerprint density at radius 3 is 2.21 bits per heavy atom. The Hall–Kier alpha value is -1.38. The van der Waals surface area contributed by atoms with Gasteiger partial charge in [-0.15, -0.1) is 0 Å². The first-order valence-electron chi connectivity index (χ1n) is 7.52. The Kier molecular flexibility index (Phi) is 7.87. The molecule has 0 aliphatic carbocycles. The van der Waals surface area contributed by atoms with Gasteiger partial charge in [-0.05, 0) is 18.6 Å². The largest absolute Gasteiger partial charge is 0.491 e. The number of rotatable bonds is 10. The lowest BCUT2D eigenvalue weighted by Gasteiger charge is -2.09. The van der Waals surface area contributed by atoms with Crippen LogP contribution < -0.4 is 16.2 Å². The maximum absolute atomic E-state index is 5.82. The number of benzene rings is 1. The Bertz CT molecular complexity index is 353. The van der Waals surface area contributed by atoms with E-state index >= 15 is 0 Å². The van der Waals surface area contributed by atoms with E-state index in [0.29, 0.717) is 17.1 Å². The highest BCUT2D eigenvalue weighted by molar-refractivity contribution is 5.59. The maximum atomic E-state index is 5.82. The van der Waals surface area contributed by atoms with E-state index in [4.69, 9.17) is 16.2 Å². The zero-order valence-electron chi connectivity index (χ0n) is 12.2. The van der Waals surface area contributed by atoms with Gasteiger partial charge in [0.15, 0.2) is 0 Å². The molecule has 0 radical (unpaired) electrons. The summed E-state index contributed by atoms with van der Waals surface area (Å²) < 4.78 is 5.66. The molecule has 0 aromatic heterocycles. The summed E-state index contributed by atoms with van der Waals surface area (Å²) in [6.07, 6.45) is 10.4. The van der Waals surface area contributed by atoms with Gasteiger partial charge in [-0.25, -0.2) is 0 Å². The number of hydrogen-bond donors (Lipinski definition) is 2. The van der Waals surface area contributed by atoms with Crippen molar-refractivity contribution in [3.8, 4) is 5.75 Å². The van der Waals surface area contributed by atoms with Crippen molar-refractivity contribution >= 4 is 11.4 Å². The van der Waals surface area contributed by atoms with Crippen LogP contribution >= 0.6 is 0 Å². The Morgan fingerprint density at radius 1 is 0.895 bits per heavy atom. The Balaban J connectivity index is 2.03. The summed E-state index contributed by atoms with van der Waals surface area (Å²) in [5.74, 6) is 0.711. The van der Waals surface area contributed by atoms with E-state index in [-0.39, 0.29) is 0 Å². The summed E-state index contributed by atoms with van der Waals surface area (Å²) in [4.78, 5) is 0. The molecule has 3 heteroatoms. The molecule has 0 saturated heterocycles. The highest BCUT2D eigenvalue weighted by Gasteiger charge is 2.00. The quantitative estimate of drug-likeness (QED) is 0.487. The van der Waals surface area contributed by atoms with E-state index in [1.54, 1.807) is 18.2 Å². The van der Waals surface area contributed by atoms with Crippen LogP contribution in [0.15, 0.2) is 18.2 Å². The topological polar surface area (TPSA) is 61.3 Å².